The maximum atomic E-state index is 14.1. The molecule has 0 N–H and O–H groups in total. The van der Waals surface area contributed by atoms with Crippen molar-refractivity contribution in [3.8, 4) is 17.1 Å². The number of benzene rings is 4. The smallest absolute Gasteiger partial charge is 0.261 e. The van der Waals surface area contributed by atoms with Gasteiger partial charge in [-0.2, -0.15) is 4.98 Å². The fourth-order valence-electron chi connectivity index (χ4n) is 4.41. The number of anilines is 1. The molecule has 2 heterocycles. The molecule has 1 aliphatic rings. The van der Waals surface area contributed by atoms with E-state index in [4.69, 9.17) is 4.74 Å². The van der Waals surface area contributed by atoms with E-state index < -0.39 is 6.23 Å². The van der Waals surface area contributed by atoms with Crippen LogP contribution in [0.25, 0.3) is 22.0 Å². The van der Waals surface area contributed by atoms with Gasteiger partial charge in [0.2, 0.25) is 17.3 Å². The lowest BCUT2D eigenvalue weighted by molar-refractivity contribution is 0.0911. The van der Waals surface area contributed by atoms with Gasteiger partial charge in [-0.05, 0) is 35.2 Å². The number of carbonyl (C=O) groups excluding carboxylic acids is 1. The zero-order valence-electron chi connectivity index (χ0n) is 18.8. The Morgan fingerprint density at radius 1 is 0.857 bits per heavy atom. The molecule has 0 radical (unpaired) electrons. The van der Waals surface area contributed by atoms with Crippen LogP contribution in [0.3, 0.4) is 0 Å². The largest absolute Gasteiger partial charge is 0.447 e. The number of thioether (sulfide) groups is 1. The number of nitrogens with zero attached hydrogens (tertiary/aromatic N) is 4. The van der Waals surface area contributed by atoms with Gasteiger partial charge >= 0.3 is 0 Å². The molecule has 6 nitrogen and oxygen atoms in total. The topological polar surface area (TPSA) is 68.2 Å². The van der Waals surface area contributed by atoms with Crippen LogP contribution in [0.5, 0.6) is 5.88 Å². The zero-order valence-corrected chi connectivity index (χ0v) is 19.6. The van der Waals surface area contributed by atoms with Crippen LogP contribution in [0.1, 0.15) is 22.1 Å². The van der Waals surface area contributed by atoms with E-state index >= 15 is 0 Å². The molecule has 0 spiro atoms. The molecule has 1 atom stereocenters. The maximum absolute atomic E-state index is 14.1. The fraction of sp³-hybridized carbons (Fsp3) is 0.0714. The van der Waals surface area contributed by atoms with Crippen molar-refractivity contribution in [1.82, 2.24) is 15.2 Å². The second-order valence-corrected chi connectivity index (χ2v) is 8.82. The fourth-order valence-corrected chi connectivity index (χ4v) is 4.70. The molecule has 6 rings (SSSR count). The minimum Gasteiger partial charge on any atom is -0.447 e. The molecule has 0 saturated heterocycles. The summed E-state index contributed by atoms with van der Waals surface area (Å²) >= 11 is 1.39. The number of ether oxygens (including phenoxy) is 1. The quantitative estimate of drug-likeness (QED) is 0.291. The molecule has 35 heavy (non-hydrogen) atoms. The van der Waals surface area contributed by atoms with Gasteiger partial charge in [0.05, 0.1) is 5.69 Å². The lowest BCUT2D eigenvalue weighted by atomic mass is 10.0. The van der Waals surface area contributed by atoms with Gasteiger partial charge in [-0.15, -0.1) is 10.2 Å². The van der Waals surface area contributed by atoms with Gasteiger partial charge in [-0.3, -0.25) is 9.69 Å². The summed E-state index contributed by atoms with van der Waals surface area (Å²) in [6.07, 6.45) is 1.11. The molecule has 1 aromatic heterocycles. The van der Waals surface area contributed by atoms with E-state index in [1.165, 1.54) is 11.8 Å². The molecule has 0 saturated carbocycles. The van der Waals surface area contributed by atoms with Gasteiger partial charge < -0.3 is 4.74 Å². The summed E-state index contributed by atoms with van der Waals surface area (Å²) in [5.74, 6) is 0.167. The standard InChI is InChI=1S/C28H20N4O2S/c1-35-28-29-25-24(30-31-28)22-15-7-8-17-23(22)32(26(33)19-11-3-2-4-12-19)27(34-25)21-16-9-13-18-10-5-6-14-20(18)21/h2-17,27H,1H3/t27-/m1/s1. The van der Waals surface area contributed by atoms with Gasteiger partial charge in [-0.1, -0.05) is 90.6 Å². The molecule has 0 unspecified atom stereocenters. The van der Waals surface area contributed by atoms with E-state index in [0.29, 0.717) is 28.0 Å². The van der Waals surface area contributed by atoms with E-state index in [2.05, 4.69) is 27.3 Å². The predicted molar refractivity (Wildman–Crippen MR) is 138 cm³/mol. The average molecular weight is 477 g/mol. The first-order valence-electron chi connectivity index (χ1n) is 11.2. The monoisotopic (exact) mass is 476 g/mol. The molecule has 5 aromatic rings. The van der Waals surface area contributed by atoms with Crippen molar-refractivity contribution in [2.75, 3.05) is 11.2 Å². The Morgan fingerprint density at radius 2 is 1.60 bits per heavy atom. The molecule has 4 aromatic carbocycles. The van der Waals surface area contributed by atoms with Crippen LogP contribution in [0.15, 0.2) is 102 Å². The number of fused-ring (bicyclic) bond motifs is 4. The molecule has 1 amide bonds. The Bertz CT molecular complexity index is 1550. The normalized spacial score (nSPS) is 14.5. The Labute approximate surface area is 206 Å². The van der Waals surface area contributed by atoms with Gasteiger partial charge in [0, 0.05) is 16.7 Å². The Hall–Kier alpha value is -4.23. The van der Waals surface area contributed by atoms with E-state index in [-0.39, 0.29) is 5.91 Å². The highest BCUT2D eigenvalue weighted by Crippen LogP contribution is 2.44. The summed E-state index contributed by atoms with van der Waals surface area (Å²) in [5, 5.41) is 11.3. The van der Waals surface area contributed by atoms with Crippen molar-refractivity contribution >= 4 is 34.1 Å². The first kappa shape index (κ1) is 21.3. The highest BCUT2D eigenvalue weighted by atomic mass is 32.2. The lowest BCUT2D eigenvalue weighted by Crippen LogP contribution is -2.37. The SMILES string of the molecule is CSc1nnc2c(n1)O[C@H](c1cccc3ccccc13)N(C(=O)c1ccccc1)c1ccccc1-2. The Balaban J connectivity index is 1.65. The van der Waals surface area contributed by atoms with Crippen LogP contribution >= 0.6 is 11.8 Å². The van der Waals surface area contributed by atoms with Crippen LogP contribution in [0, 0.1) is 0 Å². The number of hydrogen-bond donors (Lipinski definition) is 0. The van der Waals surface area contributed by atoms with Crippen molar-refractivity contribution in [2.45, 2.75) is 11.4 Å². The van der Waals surface area contributed by atoms with Crippen molar-refractivity contribution in [3.05, 3.63) is 108 Å². The van der Waals surface area contributed by atoms with Gasteiger partial charge in [-0.25, -0.2) is 0 Å². The van der Waals surface area contributed by atoms with Crippen LogP contribution < -0.4 is 9.64 Å². The third-order valence-corrected chi connectivity index (χ3v) is 6.56. The summed E-state index contributed by atoms with van der Waals surface area (Å²) in [6.45, 7) is 0. The number of amides is 1. The Morgan fingerprint density at radius 3 is 2.46 bits per heavy atom. The molecule has 0 aliphatic carbocycles. The van der Waals surface area contributed by atoms with E-state index in [0.717, 1.165) is 21.9 Å². The number of rotatable bonds is 3. The van der Waals surface area contributed by atoms with E-state index in [1.54, 1.807) is 4.90 Å². The third-order valence-electron chi connectivity index (χ3n) is 6.02. The molecule has 1 aliphatic heterocycles. The van der Waals surface area contributed by atoms with Gasteiger partial charge in [0.1, 0.15) is 0 Å². The molecular weight excluding hydrogens is 456 g/mol. The summed E-state index contributed by atoms with van der Waals surface area (Å²) in [6, 6.07) is 31.0. The van der Waals surface area contributed by atoms with Crippen molar-refractivity contribution in [1.29, 1.82) is 0 Å². The number of para-hydroxylation sites is 1. The van der Waals surface area contributed by atoms with E-state index in [1.807, 2.05) is 91.2 Å². The highest BCUT2D eigenvalue weighted by Gasteiger charge is 2.37. The molecule has 0 fully saturated rings. The average Bonchev–Trinajstić information content (AvgIpc) is 3.07. The summed E-state index contributed by atoms with van der Waals surface area (Å²) in [5.41, 5.74) is 3.35. The molecule has 0 bridgehead atoms. The summed E-state index contributed by atoms with van der Waals surface area (Å²) in [7, 11) is 0. The number of carbonyl (C=O) groups is 1. The van der Waals surface area contributed by atoms with Crippen LogP contribution in [-0.2, 0) is 0 Å². The minimum atomic E-state index is -0.775. The highest BCUT2D eigenvalue weighted by molar-refractivity contribution is 7.98. The molecular formula is C28H20N4O2S. The third kappa shape index (κ3) is 3.70. The second-order valence-electron chi connectivity index (χ2n) is 8.05. The van der Waals surface area contributed by atoms with Gasteiger partial charge in [0.15, 0.2) is 5.69 Å². The first-order valence-corrected chi connectivity index (χ1v) is 12.4. The number of hydrogen-bond acceptors (Lipinski definition) is 6. The van der Waals surface area contributed by atoms with Crippen LogP contribution in [-0.4, -0.2) is 27.3 Å². The van der Waals surface area contributed by atoms with Crippen molar-refractivity contribution in [3.63, 3.8) is 0 Å². The summed E-state index contributed by atoms with van der Waals surface area (Å²) < 4.78 is 6.61. The molecule has 170 valence electrons. The Kier molecular flexibility index (Phi) is 5.39. The molecule has 7 heteroatoms. The summed E-state index contributed by atoms with van der Waals surface area (Å²) in [4.78, 5) is 20.4. The van der Waals surface area contributed by atoms with E-state index in [9.17, 15) is 4.79 Å². The lowest BCUT2D eigenvalue weighted by Gasteiger charge is -2.31. The van der Waals surface area contributed by atoms with Crippen molar-refractivity contribution < 1.29 is 9.53 Å². The van der Waals surface area contributed by atoms with Crippen molar-refractivity contribution in [2.24, 2.45) is 0 Å². The maximum Gasteiger partial charge on any atom is 0.261 e. The second kappa shape index (κ2) is 8.85. The van der Waals surface area contributed by atoms with Crippen LogP contribution in [0.4, 0.5) is 5.69 Å². The first-order chi connectivity index (χ1) is 17.2. The predicted octanol–water partition coefficient (Wildman–Crippen LogP) is 6.15. The van der Waals surface area contributed by atoms with Crippen LogP contribution in [0.2, 0.25) is 0 Å². The zero-order chi connectivity index (χ0) is 23.8. The number of aromatic nitrogens is 3. The minimum absolute atomic E-state index is 0.179. The van der Waals surface area contributed by atoms with Gasteiger partial charge in [0.25, 0.3) is 5.91 Å².